The molecule has 52 heavy (non-hydrogen) atoms. The van der Waals surface area contributed by atoms with E-state index in [9.17, 15) is 19.2 Å². The molecular weight excluding hydrogens is 656 g/mol. The molecule has 2 aromatic carbocycles. The maximum Gasteiger partial charge on any atom is 0.339 e. The molecule has 0 bridgehead atoms. The first-order chi connectivity index (χ1) is 24.8. The Hall–Kier alpha value is -3.68. The molecule has 0 aliphatic carbocycles. The van der Waals surface area contributed by atoms with E-state index in [2.05, 4.69) is 27.7 Å². The van der Waals surface area contributed by atoms with E-state index in [4.69, 9.17) is 18.9 Å². The van der Waals surface area contributed by atoms with Crippen LogP contribution in [0.1, 0.15) is 174 Å². The van der Waals surface area contributed by atoms with E-state index in [1.165, 1.54) is 51.4 Å². The lowest BCUT2D eigenvalue weighted by molar-refractivity contribution is 0.0412. The molecule has 0 unspecified atom stereocenters. The molecule has 2 rings (SSSR count). The van der Waals surface area contributed by atoms with Gasteiger partial charge in [0.1, 0.15) is 0 Å². The lowest BCUT2D eigenvalue weighted by Crippen LogP contribution is -2.17. The first kappa shape index (κ1) is 46.3. The van der Waals surface area contributed by atoms with Crippen LogP contribution in [-0.2, 0) is 18.9 Å². The van der Waals surface area contributed by atoms with Gasteiger partial charge >= 0.3 is 23.9 Å². The molecule has 0 fully saturated rings. The van der Waals surface area contributed by atoms with Gasteiger partial charge in [-0.3, -0.25) is 0 Å². The minimum atomic E-state index is -0.490. The van der Waals surface area contributed by atoms with Crippen molar-refractivity contribution in [2.24, 2.45) is 23.7 Å². The van der Waals surface area contributed by atoms with Crippen molar-refractivity contribution >= 4 is 23.9 Å². The molecule has 0 aliphatic heterocycles. The van der Waals surface area contributed by atoms with E-state index in [0.717, 1.165) is 37.5 Å². The van der Waals surface area contributed by atoms with Gasteiger partial charge in [-0.2, -0.15) is 0 Å². The van der Waals surface area contributed by atoms with Crippen LogP contribution in [0, 0.1) is 23.7 Å². The first-order valence-corrected chi connectivity index (χ1v) is 19.7. The van der Waals surface area contributed by atoms with E-state index in [1.807, 2.05) is 27.7 Å². The molecule has 8 nitrogen and oxygen atoms in total. The Morgan fingerprint density at radius 2 is 0.654 bits per heavy atom. The van der Waals surface area contributed by atoms with Crippen LogP contribution in [0.2, 0.25) is 0 Å². The summed E-state index contributed by atoms with van der Waals surface area (Å²) in [5, 5.41) is 0. The lowest BCUT2D eigenvalue weighted by atomic mass is 10.0. The summed E-state index contributed by atoms with van der Waals surface area (Å²) in [4.78, 5) is 48.9. The van der Waals surface area contributed by atoms with Gasteiger partial charge in [0.25, 0.3) is 0 Å². The largest absolute Gasteiger partial charge is 0.462 e. The summed E-state index contributed by atoms with van der Waals surface area (Å²) in [7, 11) is 0. The molecule has 2 aromatic rings. The van der Waals surface area contributed by atoms with Crippen molar-refractivity contribution < 1.29 is 38.1 Å². The minimum absolute atomic E-state index is 0.249. The van der Waals surface area contributed by atoms with E-state index in [-0.39, 0.29) is 23.0 Å². The Morgan fingerprint density at radius 3 is 0.942 bits per heavy atom. The van der Waals surface area contributed by atoms with Crippen molar-refractivity contribution in [2.45, 2.75) is 132 Å². The second-order valence-electron chi connectivity index (χ2n) is 15.2. The third-order valence-electron chi connectivity index (χ3n) is 8.15. The second kappa shape index (κ2) is 27.9. The third kappa shape index (κ3) is 21.6. The van der Waals surface area contributed by atoms with Crippen molar-refractivity contribution in [2.75, 3.05) is 26.4 Å². The molecule has 0 atom stereocenters. The van der Waals surface area contributed by atoms with Gasteiger partial charge in [-0.15, -0.1) is 0 Å². The van der Waals surface area contributed by atoms with Gasteiger partial charge in [0.15, 0.2) is 0 Å². The highest BCUT2D eigenvalue weighted by molar-refractivity contribution is 6.03. The van der Waals surface area contributed by atoms with E-state index >= 15 is 0 Å². The molecule has 0 aliphatic rings. The number of carbonyl (C=O) groups is 4. The van der Waals surface area contributed by atoms with Gasteiger partial charge in [0, 0.05) is 0 Å². The van der Waals surface area contributed by atoms with Crippen LogP contribution >= 0.6 is 0 Å². The zero-order valence-electron chi connectivity index (χ0n) is 33.5. The van der Waals surface area contributed by atoms with Crippen LogP contribution in [0.25, 0.3) is 0 Å². The fourth-order valence-electron chi connectivity index (χ4n) is 5.17. The summed E-state index contributed by atoms with van der Waals surface area (Å²) >= 11 is 0. The molecular formula is C44H68O8. The summed E-state index contributed by atoms with van der Waals surface area (Å²) in [6, 6.07) is 13.3. The Balaban J connectivity index is 0.000000578. The van der Waals surface area contributed by atoms with E-state index < -0.39 is 23.9 Å². The van der Waals surface area contributed by atoms with Crippen LogP contribution in [0.5, 0.6) is 0 Å². The number of benzene rings is 2. The average molecular weight is 725 g/mol. The highest BCUT2D eigenvalue weighted by atomic mass is 16.5. The summed E-state index contributed by atoms with van der Waals surface area (Å²) in [6.45, 7) is 18.3. The average Bonchev–Trinajstić information content (AvgIpc) is 3.11. The maximum atomic E-state index is 12.5. The van der Waals surface area contributed by atoms with Crippen LogP contribution in [-0.4, -0.2) is 50.3 Å². The molecule has 0 saturated heterocycles. The highest BCUT2D eigenvalue weighted by Crippen LogP contribution is 2.16. The Kier molecular flexibility index (Phi) is 24.9. The second-order valence-corrected chi connectivity index (χ2v) is 15.2. The van der Waals surface area contributed by atoms with Gasteiger partial charge in [-0.05, 0) is 60.8 Å². The summed E-state index contributed by atoms with van der Waals surface area (Å²) in [5.74, 6) is 0.166. The normalized spacial score (nSPS) is 11.0. The van der Waals surface area contributed by atoms with Crippen LogP contribution < -0.4 is 0 Å². The standard InChI is InChI=1S/C28H46O4.C16H22O4/c1-23(2)17-11-7-5-9-15-21-31-27(29)25-19-13-14-20-26(25)28(30)32-22-16-10-6-8-12-18-24(3)4;1-11(2)9-19-15(17)13-7-5-6-8-14(13)16(18)20-10-12(3)4/h13-14,19-20,23-24H,5-12,15-18,21-22H2,1-4H3;5-8,11-12H,9-10H2,1-4H3. The lowest BCUT2D eigenvalue weighted by Gasteiger charge is -2.11. The quantitative estimate of drug-likeness (QED) is 0.0598. The van der Waals surface area contributed by atoms with Crippen molar-refractivity contribution in [3.63, 3.8) is 0 Å². The smallest absolute Gasteiger partial charge is 0.339 e. The Bertz CT molecular complexity index is 1200. The van der Waals surface area contributed by atoms with Crippen molar-refractivity contribution in [1.82, 2.24) is 0 Å². The fraction of sp³-hybridized carbons (Fsp3) is 0.636. The number of esters is 4. The number of carbonyl (C=O) groups excluding carboxylic acids is 4. The van der Waals surface area contributed by atoms with Crippen LogP contribution in [0.3, 0.4) is 0 Å². The number of ether oxygens (including phenoxy) is 4. The van der Waals surface area contributed by atoms with Crippen LogP contribution in [0.4, 0.5) is 0 Å². The topological polar surface area (TPSA) is 105 Å². The summed E-state index contributed by atoms with van der Waals surface area (Å²) in [5.41, 5.74) is 1.09. The van der Waals surface area contributed by atoms with E-state index in [1.54, 1.807) is 48.5 Å². The maximum absolute atomic E-state index is 12.5. The van der Waals surface area contributed by atoms with Gasteiger partial charge < -0.3 is 18.9 Å². The molecule has 0 N–H and O–H groups in total. The van der Waals surface area contributed by atoms with Crippen molar-refractivity contribution in [3.8, 4) is 0 Å². The zero-order valence-corrected chi connectivity index (χ0v) is 33.5. The molecule has 0 heterocycles. The monoisotopic (exact) mass is 724 g/mol. The third-order valence-corrected chi connectivity index (χ3v) is 8.15. The highest BCUT2D eigenvalue weighted by Gasteiger charge is 2.20. The van der Waals surface area contributed by atoms with Crippen LogP contribution in [0.15, 0.2) is 48.5 Å². The van der Waals surface area contributed by atoms with Gasteiger partial charge in [0.05, 0.1) is 48.7 Å². The molecule has 0 amide bonds. The van der Waals surface area contributed by atoms with Crippen molar-refractivity contribution in [3.05, 3.63) is 70.8 Å². The molecule has 8 heteroatoms. The summed E-state index contributed by atoms with van der Waals surface area (Å²) in [6.07, 6.45) is 13.7. The SMILES string of the molecule is CC(C)CCCCCCCOC(=O)c1ccccc1C(=O)OCCCCCCCC(C)C.CC(C)COC(=O)c1ccccc1C(=O)OCC(C)C. The molecule has 0 radical (unpaired) electrons. The van der Waals surface area contributed by atoms with Gasteiger partial charge in [-0.25, -0.2) is 19.2 Å². The van der Waals surface area contributed by atoms with E-state index in [0.29, 0.717) is 37.6 Å². The number of unbranched alkanes of at least 4 members (excludes halogenated alkanes) is 8. The number of hydrogen-bond acceptors (Lipinski definition) is 8. The molecule has 292 valence electrons. The molecule has 0 saturated carbocycles. The number of rotatable bonds is 24. The number of hydrogen-bond donors (Lipinski definition) is 0. The van der Waals surface area contributed by atoms with Gasteiger partial charge in [0.2, 0.25) is 0 Å². The predicted octanol–water partition coefficient (Wildman–Crippen LogP) is 11.3. The summed E-state index contributed by atoms with van der Waals surface area (Å²) < 4.78 is 21.1. The predicted molar refractivity (Wildman–Crippen MR) is 209 cm³/mol. The van der Waals surface area contributed by atoms with Crippen molar-refractivity contribution in [1.29, 1.82) is 0 Å². The fourth-order valence-corrected chi connectivity index (χ4v) is 5.17. The first-order valence-electron chi connectivity index (χ1n) is 19.7. The molecule has 0 spiro atoms. The van der Waals surface area contributed by atoms with Gasteiger partial charge in [-0.1, -0.05) is 144 Å². The Morgan fingerprint density at radius 1 is 0.385 bits per heavy atom. The Labute approximate surface area is 314 Å². The zero-order chi connectivity index (χ0) is 38.7. The molecule has 0 aromatic heterocycles. The minimum Gasteiger partial charge on any atom is -0.462 e.